The van der Waals surface area contributed by atoms with Gasteiger partial charge in [0.2, 0.25) is 5.91 Å². The Morgan fingerprint density at radius 2 is 1.76 bits per heavy atom. The molecular weight excluding hydrogens is 618 g/mol. The van der Waals surface area contributed by atoms with Crippen molar-refractivity contribution in [2.75, 3.05) is 45.2 Å². The molecule has 0 bridgehead atoms. The number of fused-ring (bicyclic) bond motifs is 2. The van der Waals surface area contributed by atoms with E-state index in [0.717, 1.165) is 65.9 Å². The van der Waals surface area contributed by atoms with E-state index in [1.807, 2.05) is 66.2 Å². The van der Waals surface area contributed by atoms with Gasteiger partial charge in [-0.25, -0.2) is 9.78 Å². The van der Waals surface area contributed by atoms with E-state index in [4.69, 9.17) is 9.72 Å². The molecule has 1 aliphatic heterocycles. The normalized spacial score (nSPS) is 14.1. The van der Waals surface area contributed by atoms with Crippen molar-refractivity contribution < 1.29 is 9.53 Å². The third kappa shape index (κ3) is 7.09. The molecule has 4 N–H and O–H groups in total. The van der Waals surface area contributed by atoms with Crippen molar-refractivity contribution in [3.05, 3.63) is 118 Å². The number of aromatic amines is 2. The second-order valence-corrected chi connectivity index (χ2v) is 12.4. The van der Waals surface area contributed by atoms with Crippen LogP contribution in [0.1, 0.15) is 24.4 Å². The fourth-order valence-electron chi connectivity index (χ4n) is 6.63. The van der Waals surface area contributed by atoms with Crippen LogP contribution in [0.4, 0.5) is 5.69 Å². The Bertz CT molecular complexity index is 2200. The molecule has 7 rings (SSSR count). The highest BCUT2D eigenvalue weighted by Gasteiger charge is 2.24. The van der Waals surface area contributed by atoms with Gasteiger partial charge in [0.05, 0.1) is 34.2 Å². The average molecular weight is 658 g/mol. The van der Waals surface area contributed by atoms with Gasteiger partial charge in [0.15, 0.2) is 0 Å². The number of amides is 1. The molecule has 3 aromatic heterocycles. The van der Waals surface area contributed by atoms with E-state index in [1.54, 1.807) is 12.3 Å². The number of imidazole rings is 1. The molecule has 0 aliphatic carbocycles. The molecule has 1 saturated heterocycles. The van der Waals surface area contributed by atoms with Crippen LogP contribution >= 0.6 is 0 Å². The summed E-state index contributed by atoms with van der Waals surface area (Å²) in [4.78, 5) is 51.1. The zero-order valence-corrected chi connectivity index (χ0v) is 27.4. The third-order valence-corrected chi connectivity index (χ3v) is 9.12. The number of likely N-dealkylation sites (tertiary alicyclic amines) is 1. The van der Waals surface area contributed by atoms with E-state index in [0.29, 0.717) is 29.7 Å². The molecule has 0 spiro atoms. The SMILES string of the molecule is CNCCOCC(=O)Nc1ccc2[nH]c(=O)n(C3CCN(Cc4ccc(-c5nc6cc[nH]c(=O)c6cc5-c5ccccc5)cc4)CC3)c2c1. The summed E-state index contributed by atoms with van der Waals surface area (Å²) in [5.41, 5.74) is 7.47. The van der Waals surface area contributed by atoms with Gasteiger partial charge in [-0.05, 0) is 61.3 Å². The standard InChI is InChI=1S/C38H39N7O4/c1-39-17-20-49-24-35(46)41-28-11-12-33-34(21-28)45(38(48)43-33)29-14-18-44(19-15-29)23-25-7-9-27(10-8-25)36-30(26-5-3-2-4-6-26)22-31-32(42-36)13-16-40-37(31)47/h2-13,16,21-22,29,39H,14-15,17-20,23-24H2,1H3,(H,40,47)(H,41,46)(H,43,48). The van der Waals surface area contributed by atoms with Gasteiger partial charge < -0.3 is 25.3 Å². The van der Waals surface area contributed by atoms with Crippen LogP contribution < -0.4 is 21.9 Å². The number of nitrogens with one attached hydrogen (secondary N) is 4. The first-order chi connectivity index (χ1) is 24.0. The van der Waals surface area contributed by atoms with Crippen molar-refractivity contribution in [3.8, 4) is 22.4 Å². The monoisotopic (exact) mass is 657 g/mol. The molecule has 0 unspecified atom stereocenters. The summed E-state index contributed by atoms with van der Waals surface area (Å²) in [5.74, 6) is -0.233. The van der Waals surface area contributed by atoms with E-state index in [1.165, 1.54) is 5.56 Å². The maximum Gasteiger partial charge on any atom is 0.326 e. The number of nitrogens with zero attached hydrogens (tertiary/aromatic N) is 3. The molecule has 0 radical (unpaired) electrons. The number of H-pyrrole nitrogens is 2. The number of aromatic nitrogens is 4. The van der Waals surface area contributed by atoms with Gasteiger partial charge in [-0.1, -0.05) is 54.6 Å². The second kappa shape index (κ2) is 14.4. The van der Waals surface area contributed by atoms with Crippen LogP contribution in [0.15, 0.2) is 101 Å². The Hall–Kier alpha value is -5.36. The molecule has 49 heavy (non-hydrogen) atoms. The van der Waals surface area contributed by atoms with Crippen LogP contribution in [0, 0.1) is 0 Å². The smallest absolute Gasteiger partial charge is 0.326 e. The van der Waals surface area contributed by atoms with Gasteiger partial charge in [-0.2, -0.15) is 0 Å². The van der Waals surface area contributed by atoms with Crippen molar-refractivity contribution >= 4 is 33.5 Å². The highest BCUT2D eigenvalue weighted by molar-refractivity contribution is 5.94. The number of anilines is 1. The van der Waals surface area contributed by atoms with Crippen molar-refractivity contribution in [3.63, 3.8) is 0 Å². The molecule has 0 atom stereocenters. The quantitative estimate of drug-likeness (QED) is 0.145. The van der Waals surface area contributed by atoms with Crippen LogP contribution in [-0.2, 0) is 16.1 Å². The number of carbonyl (C=O) groups excluding carboxylic acids is 1. The Morgan fingerprint density at radius 1 is 0.959 bits per heavy atom. The highest BCUT2D eigenvalue weighted by atomic mass is 16.5. The largest absolute Gasteiger partial charge is 0.370 e. The predicted octanol–water partition coefficient (Wildman–Crippen LogP) is 4.91. The minimum atomic E-state index is -0.233. The highest BCUT2D eigenvalue weighted by Crippen LogP contribution is 2.33. The number of hydrogen-bond donors (Lipinski definition) is 4. The predicted molar refractivity (Wildman–Crippen MR) is 193 cm³/mol. The van der Waals surface area contributed by atoms with E-state index in [2.05, 4.69) is 49.8 Å². The molecule has 1 aliphatic rings. The summed E-state index contributed by atoms with van der Waals surface area (Å²) in [7, 11) is 1.83. The number of likely N-dealkylation sites (N-methyl/N-ethyl adjacent to an activating group) is 1. The van der Waals surface area contributed by atoms with Gasteiger partial charge in [0.25, 0.3) is 5.56 Å². The van der Waals surface area contributed by atoms with Crippen molar-refractivity contribution in [2.45, 2.75) is 25.4 Å². The van der Waals surface area contributed by atoms with Crippen molar-refractivity contribution in [1.82, 2.24) is 29.7 Å². The Labute approximate surface area is 283 Å². The van der Waals surface area contributed by atoms with E-state index in [-0.39, 0.29) is 29.8 Å². The zero-order chi connectivity index (χ0) is 33.7. The van der Waals surface area contributed by atoms with Gasteiger partial charge in [-0.3, -0.25) is 19.1 Å². The maximum absolute atomic E-state index is 13.1. The van der Waals surface area contributed by atoms with E-state index < -0.39 is 0 Å². The fourth-order valence-corrected chi connectivity index (χ4v) is 6.63. The lowest BCUT2D eigenvalue weighted by atomic mass is 9.97. The van der Waals surface area contributed by atoms with Gasteiger partial charge in [-0.15, -0.1) is 0 Å². The van der Waals surface area contributed by atoms with Crippen LogP contribution in [0.2, 0.25) is 0 Å². The van der Waals surface area contributed by atoms with Crippen LogP contribution in [0.3, 0.4) is 0 Å². The lowest BCUT2D eigenvalue weighted by Crippen LogP contribution is -2.36. The number of hydrogen-bond acceptors (Lipinski definition) is 7. The summed E-state index contributed by atoms with van der Waals surface area (Å²) < 4.78 is 7.22. The Kier molecular flexibility index (Phi) is 9.47. The first-order valence-corrected chi connectivity index (χ1v) is 16.6. The first-order valence-electron chi connectivity index (χ1n) is 16.6. The second-order valence-electron chi connectivity index (χ2n) is 12.4. The molecular formula is C38H39N7O4. The van der Waals surface area contributed by atoms with Crippen LogP contribution in [0.25, 0.3) is 44.3 Å². The average Bonchev–Trinajstić information content (AvgIpc) is 3.45. The van der Waals surface area contributed by atoms with E-state index >= 15 is 0 Å². The lowest BCUT2D eigenvalue weighted by Gasteiger charge is -2.32. The molecule has 250 valence electrons. The van der Waals surface area contributed by atoms with Crippen molar-refractivity contribution in [2.24, 2.45) is 0 Å². The molecule has 4 heterocycles. The van der Waals surface area contributed by atoms with Crippen LogP contribution in [-0.4, -0.2) is 70.2 Å². The number of carbonyl (C=O) groups is 1. The number of piperidine rings is 1. The first kappa shape index (κ1) is 32.2. The summed E-state index contributed by atoms with van der Waals surface area (Å²) in [6.07, 6.45) is 3.30. The molecule has 0 saturated carbocycles. The molecule has 11 heteroatoms. The van der Waals surface area contributed by atoms with Gasteiger partial charge in [0, 0.05) is 55.2 Å². The molecule has 11 nitrogen and oxygen atoms in total. The minimum absolute atomic E-state index is 0.0296. The summed E-state index contributed by atoms with van der Waals surface area (Å²) in [5, 5.41) is 6.42. The summed E-state index contributed by atoms with van der Waals surface area (Å²) in [6.45, 7) is 3.60. The van der Waals surface area contributed by atoms with Crippen LogP contribution in [0.5, 0.6) is 0 Å². The van der Waals surface area contributed by atoms with Gasteiger partial charge in [0.1, 0.15) is 6.61 Å². The number of ether oxygens (including phenoxy) is 1. The molecule has 3 aromatic carbocycles. The molecule has 6 aromatic rings. The lowest BCUT2D eigenvalue weighted by molar-refractivity contribution is -0.120. The third-order valence-electron chi connectivity index (χ3n) is 9.12. The topological polar surface area (TPSA) is 137 Å². The van der Waals surface area contributed by atoms with Crippen molar-refractivity contribution in [1.29, 1.82) is 0 Å². The Balaban J connectivity index is 1.03. The maximum atomic E-state index is 13.1. The minimum Gasteiger partial charge on any atom is -0.370 e. The summed E-state index contributed by atoms with van der Waals surface area (Å²) >= 11 is 0. The number of rotatable bonds is 11. The number of benzene rings is 3. The zero-order valence-electron chi connectivity index (χ0n) is 27.4. The fraction of sp³-hybridized carbons (Fsp3) is 0.263. The molecule has 1 amide bonds. The summed E-state index contributed by atoms with van der Waals surface area (Å²) in [6, 6.07) is 27.8. The molecule has 1 fully saturated rings. The van der Waals surface area contributed by atoms with E-state index in [9.17, 15) is 14.4 Å². The number of pyridine rings is 2. The van der Waals surface area contributed by atoms with Gasteiger partial charge >= 0.3 is 5.69 Å². The Morgan fingerprint density at radius 3 is 2.53 bits per heavy atom.